The quantitative estimate of drug-likeness (QED) is 0.834. The Bertz CT molecular complexity index is 339. The number of rotatable bonds is 3. The molecule has 0 spiro atoms. The number of halogens is 2. The second-order valence-electron chi connectivity index (χ2n) is 4.73. The third kappa shape index (κ3) is 2.59. The summed E-state index contributed by atoms with van der Waals surface area (Å²) in [4.78, 5) is 0. The van der Waals surface area contributed by atoms with Crippen LogP contribution < -0.4 is 5.32 Å². The fourth-order valence-corrected chi connectivity index (χ4v) is 2.32. The van der Waals surface area contributed by atoms with E-state index < -0.39 is 5.67 Å². The number of hydrogen-bond acceptors (Lipinski definition) is 1. The van der Waals surface area contributed by atoms with E-state index in [2.05, 4.69) is 5.32 Å². The Kier molecular flexibility index (Phi) is 3.24. The summed E-state index contributed by atoms with van der Waals surface area (Å²) < 4.78 is 27.1. The number of benzene rings is 1. The van der Waals surface area contributed by atoms with Crippen molar-refractivity contribution < 1.29 is 8.78 Å². The van der Waals surface area contributed by atoms with Crippen LogP contribution in [-0.2, 0) is 6.42 Å². The molecule has 88 valence electrons. The van der Waals surface area contributed by atoms with Gasteiger partial charge in [-0.3, -0.25) is 0 Å². The zero-order chi connectivity index (χ0) is 11.6. The molecule has 0 radical (unpaired) electrons. The molecule has 0 aromatic heterocycles. The van der Waals surface area contributed by atoms with Crippen molar-refractivity contribution in [2.24, 2.45) is 0 Å². The molecular weight excluding hydrogens is 208 g/mol. The second kappa shape index (κ2) is 4.50. The summed E-state index contributed by atoms with van der Waals surface area (Å²) in [6.45, 7) is 2.52. The third-order valence-corrected chi connectivity index (χ3v) is 3.25. The first kappa shape index (κ1) is 11.5. The monoisotopic (exact) mass is 225 g/mol. The molecular formula is C13H17F2N. The Labute approximate surface area is 94.9 Å². The van der Waals surface area contributed by atoms with E-state index in [1.165, 1.54) is 12.1 Å². The van der Waals surface area contributed by atoms with Gasteiger partial charge in [0.05, 0.1) is 0 Å². The van der Waals surface area contributed by atoms with Crippen LogP contribution in [0.3, 0.4) is 0 Å². The summed E-state index contributed by atoms with van der Waals surface area (Å²) >= 11 is 0. The maximum absolute atomic E-state index is 14.4. The van der Waals surface area contributed by atoms with Crippen LogP contribution in [0.1, 0.15) is 25.3 Å². The summed E-state index contributed by atoms with van der Waals surface area (Å²) in [5, 5.41) is 3.18. The fourth-order valence-electron chi connectivity index (χ4n) is 2.32. The summed E-state index contributed by atoms with van der Waals surface area (Å²) in [6, 6.07) is 6.00. The third-order valence-electron chi connectivity index (χ3n) is 3.25. The predicted molar refractivity (Wildman–Crippen MR) is 60.6 cm³/mol. The highest BCUT2D eigenvalue weighted by molar-refractivity contribution is 5.19. The fraction of sp³-hybridized carbons (Fsp3) is 0.538. The van der Waals surface area contributed by atoms with Crippen LogP contribution in [0.4, 0.5) is 8.78 Å². The lowest BCUT2D eigenvalue weighted by molar-refractivity contribution is 0.137. The van der Waals surface area contributed by atoms with Crippen LogP contribution in [-0.4, -0.2) is 18.3 Å². The van der Waals surface area contributed by atoms with Gasteiger partial charge in [0, 0.05) is 12.5 Å². The van der Waals surface area contributed by atoms with E-state index in [1.54, 1.807) is 19.1 Å². The van der Waals surface area contributed by atoms with Crippen molar-refractivity contribution in [2.45, 2.75) is 37.9 Å². The summed E-state index contributed by atoms with van der Waals surface area (Å²) in [7, 11) is 0. The summed E-state index contributed by atoms with van der Waals surface area (Å²) in [5.74, 6) is -0.275. The van der Waals surface area contributed by atoms with E-state index in [4.69, 9.17) is 0 Å². The molecule has 1 aliphatic heterocycles. The minimum Gasteiger partial charge on any atom is -0.311 e. The highest BCUT2D eigenvalue weighted by Crippen LogP contribution is 2.27. The SMILES string of the molecule is CC(F)(Cc1ccc(F)cc1)C1CCCN1. The van der Waals surface area contributed by atoms with Crippen LogP contribution in [0, 0.1) is 5.82 Å². The molecule has 16 heavy (non-hydrogen) atoms. The van der Waals surface area contributed by atoms with Crippen LogP contribution in [0.25, 0.3) is 0 Å². The molecule has 1 nitrogen and oxygen atoms in total. The van der Waals surface area contributed by atoms with Gasteiger partial charge in [0.2, 0.25) is 0 Å². The Morgan fingerprint density at radius 3 is 2.62 bits per heavy atom. The molecule has 1 saturated heterocycles. The van der Waals surface area contributed by atoms with E-state index in [-0.39, 0.29) is 11.9 Å². The van der Waals surface area contributed by atoms with Gasteiger partial charge < -0.3 is 5.32 Å². The van der Waals surface area contributed by atoms with E-state index in [9.17, 15) is 8.78 Å². The first-order valence-electron chi connectivity index (χ1n) is 5.75. The van der Waals surface area contributed by atoms with Crippen molar-refractivity contribution in [1.82, 2.24) is 5.32 Å². The van der Waals surface area contributed by atoms with Gasteiger partial charge in [-0.05, 0) is 44.0 Å². The molecule has 3 heteroatoms. The highest BCUT2D eigenvalue weighted by Gasteiger charge is 2.35. The zero-order valence-corrected chi connectivity index (χ0v) is 9.47. The molecule has 2 atom stereocenters. The van der Waals surface area contributed by atoms with Crippen molar-refractivity contribution in [3.05, 3.63) is 35.6 Å². The van der Waals surface area contributed by atoms with Crippen molar-refractivity contribution in [1.29, 1.82) is 0 Å². The smallest absolute Gasteiger partial charge is 0.127 e. The van der Waals surface area contributed by atoms with E-state index >= 15 is 0 Å². The molecule has 0 bridgehead atoms. The van der Waals surface area contributed by atoms with E-state index in [0.717, 1.165) is 24.9 Å². The molecule has 1 heterocycles. The molecule has 1 fully saturated rings. The lowest BCUT2D eigenvalue weighted by Gasteiger charge is -2.27. The number of nitrogens with one attached hydrogen (secondary N) is 1. The van der Waals surface area contributed by atoms with Crippen molar-refractivity contribution in [2.75, 3.05) is 6.54 Å². The molecule has 0 amide bonds. The van der Waals surface area contributed by atoms with Crippen molar-refractivity contribution >= 4 is 0 Å². The maximum Gasteiger partial charge on any atom is 0.127 e. The molecule has 2 unspecified atom stereocenters. The van der Waals surface area contributed by atoms with Crippen LogP contribution in [0.5, 0.6) is 0 Å². The topological polar surface area (TPSA) is 12.0 Å². The average Bonchev–Trinajstić information content (AvgIpc) is 2.75. The molecule has 1 aromatic carbocycles. The number of alkyl halides is 1. The van der Waals surface area contributed by atoms with Gasteiger partial charge in [0.15, 0.2) is 0 Å². The summed E-state index contributed by atoms with van der Waals surface area (Å²) in [6.07, 6.45) is 2.26. The largest absolute Gasteiger partial charge is 0.311 e. The Morgan fingerprint density at radius 2 is 2.06 bits per heavy atom. The number of hydrogen-bond donors (Lipinski definition) is 1. The van der Waals surface area contributed by atoms with Crippen molar-refractivity contribution in [3.63, 3.8) is 0 Å². The predicted octanol–water partition coefficient (Wildman–Crippen LogP) is 2.85. The second-order valence-corrected chi connectivity index (χ2v) is 4.73. The average molecular weight is 225 g/mol. The lowest BCUT2D eigenvalue weighted by atomic mass is 9.90. The summed E-state index contributed by atoms with van der Waals surface area (Å²) in [5.41, 5.74) is -0.408. The van der Waals surface area contributed by atoms with Crippen LogP contribution >= 0.6 is 0 Å². The first-order chi connectivity index (χ1) is 7.58. The van der Waals surface area contributed by atoms with Gasteiger partial charge >= 0.3 is 0 Å². The first-order valence-corrected chi connectivity index (χ1v) is 5.75. The van der Waals surface area contributed by atoms with Gasteiger partial charge in [-0.1, -0.05) is 12.1 Å². The molecule has 2 rings (SSSR count). The molecule has 0 saturated carbocycles. The minimum absolute atomic E-state index is 0.0717. The Balaban J connectivity index is 2.04. The Morgan fingerprint density at radius 1 is 1.38 bits per heavy atom. The standard InChI is InChI=1S/C13H17F2N/c1-13(15,12-3-2-8-16-12)9-10-4-6-11(14)7-5-10/h4-7,12,16H,2-3,8-9H2,1H3. The molecule has 1 aromatic rings. The van der Waals surface area contributed by atoms with Gasteiger partial charge in [0.1, 0.15) is 11.5 Å². The van der Waals surface area contributed by atoms with Crippen molar-refractivity contribution in [3.8, 4) is 0 Å². The van der Waals surface area contributed by atoms with Crippen LogP contribution in [0.15, 0.2) is 24.3 Å². The van der Waals surface area contributed by atoms with Gasteiger partial charge in [-0.15, -0.1) is 0 Å². The van der Waals surface area contributed by atoms with E-state index in [0.29, 0.717) is 6.42 Å². The minimum atomic E-state index is -1.26. The van der Waals surface area contributed by atoms with Crippen LogP contribution in [0.2, 0.25) is 0 Å². The normalized spacial score (nSPS) is 24.3. The van der Waals surface area contributed by atoms with Gasteiger partial charge in [-0.25, -0.2) is 8.78 Å². The van der Waals surface area contributed by atoms with E-state index in [1.807, 2.05) is 0 Å². The highest BCUT2D eigenvalue weighted by atomic mass is 19.1. The van der Waals surface area contributed by atoms with Gasteiger partial charge in [-0.2, -0.15) is 0 Å². The maximum atomic E-state index is 14.4. The Hall–Kier alpha value is -0.960. The molecule has 1 N–H and O–H groups in total. The zero-order valence-electron chi connectivity index (χ0n) is 9.47. The molecule has 0 aliphatic carbocycles. The lowest BCUT2D eigenvalue weighted by Crippen LogP contribution is -2.43. The van der Waals surface area contributed by atoms with Gasteiger partial charge in [0.25, 0.3) is 0 Å². The molecule has 1 aliphatic rings.